The van der Waals surface area contributed by atoms with E-state index in [1.54, 1.807) is 0 Å². The summed E-state index contributed by atoms with van der Waals surface area (Å²) in [4.78, 5) is 13.5. The monoisotopic (exact) mass is 384 g/mol. The van der Waals surface area contributed by atoms with Crippen LogP contribution in [0.25, 0.3) is 0 Å². The Morgan fingerprint density at radius 1 is 1.19 bits per heavy atom. The molecule has 160 valence electrons. The Balaban J connectivity index is 3.22. The minimum absolute atomic E-state index is 0.0893. The number of aliphatic hydroxyl groups excluding tert-OH is 2. The van der Waals surface area contributed by atoms with Gasteiger partial charge >= 0.3 is 5.97 Å². The van der Waals surface area contributed by atoms with Crippen molar-refractivity contribution in [3.05, 3.63) is 0 Å². The van der Waals surface area contributed by atoms with E-state index in [9.17, 15) is 15.0 Å². The van der Waals surface area contributed by atoms with Crippen LogP contribution in [0, 0.1) is 28.1 Å². The van der Waals surface area contributed by atoms with E-state index in [0.717, 1.165) is 19.3 Å². The molecule has 0 bridgehead atoms. The van der Waals surface area contributed by atoms with Crippen LogP contribution in [0.5, 0.6) is 0 Å². The molecule has 0 aromatic heterocycles. The summed E-state index contributed by atoms with van der Waals surface area (Å²) in [5.74, 6) is 0.632. The van der Waals surface area contributed by atoms with Crippen molar-refractivity contribution in [3.63, 3.8) is 0 Å². The molecule has 0 aromatic rings. The van der Waals surface area contributed by atoms with Crippen molar-refractivity contribution in [2.45, 2.75) is 99.5 Å². The van der Waals surface area contributed by atoms with Crippen molar-refractivity contribution < 1.29 is 19.7 Å². The van der Waals surface area contributed by atoms with E-state index < -0.39 is 11.0 Å². The molecule has 4 unspecified atom stereocenters. The van der Waals surface area contributed by atoms with Gasteiger partial charge in [0, 0.05) is 13.2 Å². The minimum Gasteiger partial charge on any atom is -0.459 e. The number of aliphatic hydroxyl groups is 2. The molecule has 0 saturated heterocycles. The van der Waals surface area contributed by atoms with Crippen LogP contribution < -0.4 is 0 Å². The van der Waals surface area contributed by atoms with Gasteiger partial charge in [0.1, 0.15) is 5.60 Å². The Labute approximate surface area is 167 Å². The molecule has 1 aliphatic carbocycles. The first kappa shape index (κ1) is 24.4. The van der Waals surface area contributed by atoms with E-state index in [4.69, 9.17) is 4.74 Å². The number of carbonyl (C=O) groups is 1. The summed E-state index contributed by atoms with van der Waals surface area (Å²) in [6, 6.07) is 0. The fourth-order valence-corrected chi connectivity index (χ4v) is 5.13. The lowest BCUT2D eigenvalue weighted by Crippen LogP contribution is -2.52. The molecule has 0 spiro atoms. The summed E-state index contributed by atoms with van der Waals surface area (Å²) in [5.41, 5.74) is -1.64. The second-order valence-electron chi connectivity index (χ2n) is 11.2. The zero-order valence-corrected chi connectivity index (χ0v) is 19.0. The molecule has 4 nitrogen and oxygen atoms in total. The Hall–Kier alpha value is -0.610. The van der Waals surface area contributed by atoms with Crippen LogP contribution in [-0.4, -0.2) is 35.0 Å². The van der Waals surface area contributed by atoms with Gasteiger partial charge in [0.05, 0.1) is 5.41 Å². The van der Waals surface area contributed by atoms with E-state index in [1.165, 1.54) is 0 Å². The van der Waals surface area contributed by atoms with Gasteiger partial charge in [-0.05, 0) is 68.1 Å². The summed E-state index contributed by atoms with van der Waals surface area (Å²) >= 11 is 0. The van der Waals surface area contributed by atoms with Crippen molar-refractivity contribution in [2.75, 3.05) is 13.2 Å². The van der Waals surface area contributed by atoms with Gasteiger partial charge in [0.2, 0.25) is 0 Å². The molecule has 0 amide bonds. The molecule has 1 saturated carbocycles. The molecule has 2 N–H and O–H groups in total. The number of ether oxygens (including phenoxy) is 1. The van der Waals surface area contributed by atoms with E-state index >= 15 is 0 Å². The van der Waals surface area contributed by atoms with Crippen LogP contribution in [0.1, 0.15) is 93.9 Å². The van der Waals surface area contributed by atoms with E-state index in [-0.39, 0.29) is 30.0 Å². The molecule has 4 atom stereocenters. The van der Waals surface area contributed by atoms with Gasteiger partial charge in [-0.1, -0.05) is 48.5 Å². The molecule has 0 radical (unpaired) electrons. The van der Waals surface area contributed by atoms with Crippen LogP contribution in [0.4, 0.5) is 0 Å². The van der Waals surface area contributed by atoms with Gasteiger partial charge in [-0.2, -0.15) is 0 Å². The van der Waals surface area contributed by atoms with Gasteiger partial charge in [-0.25, -0.2) is 0 Å². The standard InChI is InChI=1S/C23H44O4/c1-17(2)12-22(8,20(4,5)6)19(26)27-23(10-9-11-24)14-18(3)13-21(7,15-23)16-25/h17-18,24-25H,9-16H2,1-8H3. The van der Waals surface area contributed by atoms with E-state index in [1.807, 2.05) is 6.92 Å². The lowest BCUT2D eigenvalue weighted by molar-refractivity contribution is -0.193. The van der Waals surface area contributed by atoms with Crippen molar-refractivity contribution >= 4 is 5.97 Å². The molecule has 27 heavy (non-hydrogen) atoms. The van der Waals surface area contributed by atoms with Crippen LogP contribution >= 0.6 is 0 Å². The zero-order valence-electron chi connectivity index (χ0n) is 19.0. The second-order valence-corrected chi connectivity index (χ2v) is 11.2. The fourth-order valence-electron chi connectivity index (χ4n) is 5.13. The zero-order chi connectivity index (χ0) is 21.1. The first-order valence-corrected chi connectivity index (χ1v) is 10.7. The number of hydrogen-bond acceptors (Lipinski definition) is 4. The fraction of sp³-hybridized carbons (Fsp3) is 0.957. The highest BCUT2D eigenvalue weighted by Gasteiger charge is 2.52. The molecule has 1 aliphatic rings. The molecule has 0 aromatic carbocycles. The molecule has 1 fully saturated rings. The van der Waals surface area contributed by atoms with Crippen molar-refractivity contribution in [2.24, 2.45) is 28.1 Å². The molecule has 0 heterocycles. The summed E-state index contributed by atoms with van der Waals surface area (Å²) in [7, 11) is 0. The van der Waals surface area contributed by atoms with Crippen molar-refractivity contribution in [1.29, 1.82) is 0 Å². The van der Waals surface area contributed by atoms with E-state index in [2.05, 4.69) is 48.5 Å². The summed E-state index contributed by atoms with van der Waals surface area (Å²) in [6.07, 6.45) is 4.43. The van der Waals surface area contributed by atoms with Crippen LogP contribution in [0.3, 0.4) is 0 Å². The smallest absolute Gasteiger partial charge is 0.312 e. The van der Waals surface area contributed by atoms with Gasteiger partial charge in [0.15, 0.2) is 0 Å². The van der Waals surface area contributed by atoms with Crippen molar-refractivity contribution in [3.8, 4) is 0 Å². The molecule has 0 aliphatic heterocycles. The average Bonchev–Trinajstić information content (AvgIpc) is 2.50. The number of rotatable bonds is 8. The SMILES string of the molecule is CC(C)CC(C)(C(=O)OC1(CCCO)CC(C)CC(C)(CO)C1)C(C)(C)C. The highest BCUT2D eigenvalue weighted by atomic mass is 16.6. The lowest BCUT2D eigenvalue weighted by Gasteiger charge is -2.50. The third kappa shape index (κ3) is 5.93. The van der Waals surface area contributed by atoms with Gasteiger partial charge in [0.25, 0.3) is 0 Å². The third-order valence-electron chi connectivity index (χ3n) is 6.71. The first-order chi connectivity index (χ1) is 12.2. The number of esters is 1. The summed E-state index contributed by atoms with van der Waals surface area (Å²) in [6.45, 7) is 17.1. The molecular formula is C23H44O4. The molecule has 4 heteroatoms. The second kappa shape index (κ2) is 8.82. The largest absolute Gasteiger partial charge is 0.459 e. The first-order valence-electron chi connectivity index (χ1n) is 10.7. The Kier molecular flexibility index (Phi) is 7.98. The normalized spacial score (nSPS) is 31.6. The number of carbonyl (C=O) groups excluding carboxylic acids is 1. The van der Waals surface area contributed by atoms with Gasteiger partial charge < -0.3 is 14.9 Å². The quantitative estimate of drug-likeness (QED) is 0.581. The summed E-state index contributed by atoms with van der Waals surface area (Å²) < 4.78 is 6.38. The maximum Gasteiger partial charge on any atom is 0.312 e. The number of hydrogen-bond donors (Lipinski definition) is 2. The Bertz CT molecular complexity index is 495. The Morgan fingerprint density at radius 2 is 1.78 bits per heavy atom. The minimum atomic E-state index is -0.599. The van der Waals surface area contributed by atoms with Gasteiger partial charge in [-0.3, -0.25) is 4.79 Å². The molecular weight excluding hydrogens is 340 g/mol. The highest BCUT2D eigenvalue weighted by molar-refractivity contribution is 5.78. The van der Waals surface area contributed by atoms with E-state index in [0.29, 0.717) is 31.1 Å². The highest BCUT2D eigenvalue weighted by Crippen LogP contribution is 2.51. The lowest BCUT2D eigenvalue weighted by atomic mass is 9.62. The van der Waals surface area contributed by atoms with Crippen LogP contribution in [0.2, 0.25) is 0 Å². The van der Waals surface area contributed by atoms with Gasteiger partial charge in [-0.15, -0.1) is 0 Å². The maximum atomic E-state index is 13.5. The maximum absolute atomic E-state index is 13.5. The van der Waals surface area contributed by atoms with Crippen LogP contribution in [-0.2, 0) is 9.53 Å². The average molecular weight is 385 g/mol. The third-order valence-corrected chi connectivity index (χ3v) is 6.71. The summed E-state index contributed by atoms with van der Waals surface area (Å²) in [5, 5.41) is 19.4. The topological polar surface area (TPSA) is 66.8 Å². The predicted octanol–water partition coefficient (Wildman–Crippen LogP) is 4.96. The Morgan fingerprint density at radius 3 is 2.22 bits per heavy atom. The van der Waals surface area contributed by atoms with Crippen molar-refractivity contribution in [1.82, 2.24) is 0 Å². The van der Waals surface area contributed by atoms with Crippen LogP contribution in [0.15, 0.2) is 0 Å². The predicted molar refractivity (Wildman–Crippen MR) is 110 cm³/mol. The molecule has 1 rings (SSSR count).